The normalized spacial score (nSPS) is 15.7. The van der Waals surface area contributed by atoms with Gasteiger partial charge in [-0.25, -0.2) is 4.98 Å². The number of aryl methyl sites for hydroxylation is 1. The van der Waals surface area contributed by atoms with E-state index >= 15 is 0 Å². The first-order valence-electron chi connectivity index (χ1n) is 10.0. The monoisotopic (exact) mass is 388 g/mol. The van der Waals surface area contributed by atoms with Gasteiger partial charge in [-0.3, -0.25) is 4.90 Å². The van der Waals surface area contributed by atoms with Crippen LogP contribution in [-0.2, 0) is 11.3 Å². The van der Waals surface area contributed by atoms with Gasteiger partial charge in [0.25, 0.3) is 0 Å². The Kier molecular flexibility index (Phi) is 7.34. The molecule has 0 atom stereocenters. The third-order valence-corrected chi connectivity index (χ3v) is 5.57. The quantitative estimate of drug-likeness (QED) is 0.597. The van der Waals surface area contributed by atoms with Crippen molar-refractivity contribution in [1.82, 2.24) is 9.88 Å². The van der Waals surface area contributed by atoms with E-state index in [2.05, 4.69) is 4.90 Å². The van der Waals surface area contributed by atoms with Crippen LogP contribution in [0.5, 0.6) is 11.5 Å². The molecule has 0 N–H and O–H groups in total. The second kappa shape index (κ2) is 9.94. The lowest BCUT2D eigenvalue weighted by Gasteiger charge is -2.31. The van der Waals surface area contributed by atoms with E-state index in [1.807, 2.05) is 25.1 Å². The number of ether oxygens (including phenoxy) is 3. The number of methoxy groups -OCH3 is 3. The zero-order valence-corrected chi connectivity index (χ0v) is 17.5. The van der Waals surface area contributed by atoms with E-state index in [-0.39, 0.29) is 0 Å². The lowest BCUT2D eigenvalue weighted by Crippen LogP contribution is -2.33. The van der Waals surface area contributed by atoms with Gasteiger partial charge in [0.2, 0.25) is 5.89 Å². The van der Waals surface area contributed by atoms with Gasteiger partial charge in [0, 0.05) is 26.3 Å². The van der Waals surface area contributed by atoms with E-state index in [4.69, 9.17) is 23.6 Å². The van der Waals surface area contributed by atoms with Gasteiger partial charge in [-0.2, -0.15) is 0 Å². The van der Waals surface area contributed by atoms with Gasteiger partial charge in [0.15, 0.2) is 0 Å². The Labute approximate surface area is 167 Å². The van der Waals surface area contributed by atoms with Gasteiger partial charge < -0.3 is 18.6 Å². The van der Waals surface area contributed by atoms with Crippen molar-refractivity contribution in [2.75, 3.05) is 41.0 Å². The van der Waals surface area contributed by atoms with Crippen molar-refractivity contribution in [2.45, 2.75) is 39.2 Å². The number of hydrogen-bond acceptors (Lipinski definition) is 6. The van der Waals surface area contributed by atoms with Gasteiger partial charge in [-0.15, -0.1) is 0 Å². The van der Waals surface area contributed by atoms with Gasteiger partial charge in [-0.1, -0.05) is 0 Å². The summed E-state index contributed by atoms with van der Waals surface area (Å²) in [6.07, 6.45) is 4.93. The van der Waals surface area contributed by atoms with Gasteiger partial charge in [0.05, 0.1) is 25.5 Å². The molecule has 0 amide bonds. The van der Waals surface area contributed by atoms with E-state index in [1.54, 1.807) is 21.3 Å². The van der Waals surface area contributed by atoms with Crippen molar-refractivity contribution in [2.24, 2.45) is 5.92 Å². The number of likely N-dealkylation sites (tertiary alicyclic amines) is 1. The minimum atomic E-state index is 0.599. The van der Waals surface area contributed by atoms with Crippen LogP contribution in [0.4, 0.5) is 0 Å². The molecule has 28 heavy (non-hydrogen) atoms. The van der Waals surface area contributed by atoms with Gasteiger partial charge >= 0.3 is 0 Å². The van der Waals surface area contributed by atoms with Crippen LogP contribution in [0.2, 0.25) is 0 Å². The van der Waals surface area contributed by atoms with Gasteiger partial charge in [0.1, 0.15) is 17.3 Å². The molecular formula is C22H32N2O4. The molecule has 0 saturated carbocycles. The number of rotatable bonds is 9. The van der Waals surface area contributed by atoms with E-state index in [0.29, 0.717) is 11.6 Å². The molecule has 3 rings (SSSR count). The molecule has 1 aliphatic heterocycles. The van der Waals surface area contributed by atoms with Crippen LogP contribution in [0.25, 0.3) is 11.5 Å². The molecule has 1 saturated heterocycles. The second-order valence-corrected chi connectivity index (χ2v) is 7.44. The highest BCUT2D eigenvalue weighted by Crippen LogP contribution is 2.34. The highest BCUT2D eigenvalue weighted by molar-refractivity contribution is 5.65. The van der Waals surface area contributed by atoms with Gasteiger partial charge in [-0.05, 0) is 63.7 Å². The van der Waals surface area contributed by atoms with Crippen molar-refractivity contribution in [3.8, 4) is 23.0 Å². The Morgan fingerprint density at radius 2 is 1.93 bits per heavy atom. The van der Waals surface area contributed by atoms with Crippen molar-refractivity contribution in [1.29, 1.82) is 0 Å². The Bertz CT molecular complexity index is 751. The fraction of sp³-hybridized carbons (Fsp3) is 0.591. The van der Waals surface area contributed by atoms with Crippen LogP contribution < -0.4 is 9.47 Å². The molecule has 0 bridgehead atoms. The van der Waals surface area contributed by atoms with Crippen LogP contribution in [-0.4, -0.2) is 50.9 Å². The molecular weight excluding hydrogens is 356 g/mol. The van der Waals surface area contributed by atoms with E-state index in [9.17, 15) is 0 Å². The summed E-state index contributed by atoms with van der Waals surface area (Å²) in [5, 5.41) is 0. The molecule has 0 unspecified atom stereocenters. The average Bonchev–Trinajstić information content (AvgIpc) is 3.09. The van der Waals surface area contributed by atoms with Crippen LogP contribution in [0, 0.1) is 12.8 Å². The molecule has 1 aliphatic rings. The Balaban J connectivity index is 1.62. The average molecular weight is 389 g/mol. The molecule has 1 fully saturated rings. The number of piperidine rings is 1. The molecule has 154 valence electrons. The zero-order chi connectivity index (χ0) is 19.9. The summed E-state index contributed by atoms with van der Waals surface area (Å²) in [6, 6.07) is 5.67. The largest absolute Gasteiger partial charge is 0.497 e. The third-order valence-electron chi connectivity index (χ3n) is 5.57. The summed E-state index contributed by atoms with van der Waals surface area (Å²) in [5.74, 6) is 3.74. The molecule has 0 spiro atoms. The lowest BCUT2D eigenvalue weighted by molar-refractivity contribution is 0.150. The highest BCUT2D eigenvalue weighted by Gasteiger charge is 2.22. The Morgan fingerprint density at radius 1 is 1.14 bits per heavy atom. The van der Waals surface area contributed by atoms with E-state index < -0.39 is 0 Å². The summed E-state index contributed by atoms with van der Waals surface area (Å²) in [5.41, 5.74) is 1.85. The van der Waals surface area contributed by atoms with Crippen molar-refractivity contribution in [3.63, 3.8) is 0 Å². The van der Waals surface area contributed by atoms with Crippen LogP contribution in [0.3, 0.4) is 0 Å². The van der Waals surface area contributed by atoms with E-state index in [1.165, 1.54) is 19.3 Å². The summed E-state index contributed by atoms with van der Waals surface area (Å²) < 4.78 is 21.9. The molecule has 2 aromatic rings. The first kappa shape index (κ1) is 20.7. The maximum absolute atomic E-state index is 5.97. The molecule has 1 aromatic carbocycles. The van der Waals surface area contributed by atoms with E-state index in [0.717, 1.165) is 61.3 Å². The van der Waals surface area contributed by atoms with Crippen molar-refractivity contribution >= 4 is 0 Å². The molecule has 2 heterocycles. The highest BCUT2D eigenvalue weighted by atomic mass is 16.5. The minimum Gasteiger partial charge on any atom is -0.497 e. The summed E-state index contributed by atoms with van der Waals surface area (Å²) in [6.45, 7) is 5.92. The zero-order valence-electron chi connectivity index (χ0n) is 17.5. The van der Waals surface area contributed by atoms with Crippen molar-refractivity contribution in [3.05, 3.63) is 29.7 Å². The molecule has 1 aromatic heterocycles. The predicted molar refractivity (Wildman–Crippen MR) is 109 cm³/mol. The first-order valence-corrected chi connectivity index (χ1v) is 10.0. The summed E-state index contributed by atoms with van der Waals surface area (Å²) in [7, 11) is 5.06. The summed E-state index contributed by atoms with van der Waals surface area (Å²) in [4.78, 5) is 7.25. The molecule has 0 aliphatic carbocycles. The number of benzene rings is 1. The SMILES string of the molecule is COCCCC1CCN(Cc2nc(-c3ccc(OC)cc3OC)oc2C)CC1. The smallest absolute Gasteiger partial charge is 0.230 e. The maximum Gasteiger partial charge on any atom is 0.230 e. The standard InChI is InChI=1S/C22H32N2O4/c1-16-20(15-24-11-9-17(10-12-24)6-5-13-25-2)23-22(28-16)19-8-7-18(26-3)14-21(19)27-4/h7-8,14,17H,5-6,9-13,15H2,1-4H3. The molecule has 6 heteroatoms. The minimum absolute atomic E-state index is 0.599. The Morgan fingerprint density at radius 3 is 2.61 bits per heavy atom. The lowest BCUT2D eigenvalue weighted by atomic mass is 9.92. The first-order chi connectivity index (χ1) is 13.6. The maximum atomic E-state index is 5.97. The second-order valence-electron chi connectivity index (χ2n) is 7.44. The van der Waals surface area contributed by atoms with Crippen LogP contribution >= 0.6 is 0 Å². The van der Waals surface area contributed by atoms with Crippen LogP contribution in [0.15, 0.2) is 22.6 Å². The molecule has 6 nitrogen and oxygen atoms in total. The Hall–Kier alpha value is -2.05. The predicted octanol–water partition coefficient (Wildman–Crippen LogP) is 4.31. The fourth-order valence-electron chi connectivity index (χ4n) is 3.83. The topological polar surface area (TPSA) is 57.0 Å². The third kappa shape index (κ3) is 5.06. The number of aromatic nitrogens is 1. The summed E-state index contributed by atoms with van der Waals surface area (Å²) >= 11 is 0. The molecule has 0 radical (unpaired) electrons. The fourth-order valence-corrected chi connectivity index (χ4v) is 3.83. The van der Waals surface area contributed by atoms with Crippen LogP contribution in [0.1, 0.15) is 37.1 Å². The number of hydrogen-bond donors (Lipinski definition) is 0. The number of nitrogens with zero attached hydrogens (tertiary/aromatic N) is 2. The number of oxazole rings is 1. The van der Waals surface area contributed by atoms with Crippen molar-refractivity contribution < 1.29 is 18.6 Å².